The molecule has 8 aromatic carbocycles. The number of furan rings is 1. The standard InChI is InChI=1S/C45H27N3O/c1-2-11-29(12-3-1)43-46-44(48-45(47-43)38-26-33-15-6-7-16-34(33)36-17-8-9-18-37(36)38)30-23-21-28(22-24-30)35-19-10-20-40-42(35)39-25-31-13-4-5-14-32(31)27-41(39)49-40/h1-27H. The van der Waals surface area contributed by atoms with Crippen molar-refractivity contribution in [3.63, 3.8) is 0 Å². The molecule has 228 valence electrons. The van der Waals surface area contributed by atoms with E-state index in [-0.39, 0.29) is 0 Å². The van der Waals surface area contributed by atoms with Crippen LogP contribution in [0.2, 0.25) is 0 Å². The molecule has 2 heterocycles. The molecular weight excluding hydrogens is 599 g/mol. The topological polar surface area (TPSA) is 51.8 Å². The molecule has 0 spiro atoms. The molecule has 49 heavy (non-hydrogen) atoms. The zero-order chi connectivity index (χ0) is 32.3. The number of hydrogen-bond donors (Lipinski definition) is 0. The maximum absolute atomic E-state index is 6.36. The van der Waals surface area contributed by atoms with Gasteiger partial charge in [0, 0.05) is 27.5 Å². The van der Waals surface area contributed by atoms with Gasteiger partial charge in [-0.05, 0) is 67.7 Å². The van der Waals surface area contributed by atoms with Gasteiger partial charge in [0.15, 0.2) is 17.5 Å². The maximum atomic E-state index is 6.36. The summed E-state index contributed by atoms with van der Waals surface area (Å²) in [7, 11) is 0. The molecule has 0 aliphatic carbocycles. The van der Waals surface area contributed by atoms with Crippen molar-refractivity contribution >= 4 is 54.3 Å². The Morgan fingerprint density at radius 2 is 0.918 bits per heavy atom. The van der Waals surface area contributed by atoms with Crippen LogP contribution in [-0.4, -0.2) is 15.0 Å². The molecular formula is C45H27N3O. The summed E-state index contributed by atoms with van der Waals surface area (Å²) in [4.78, 5) is 15.2. The summed E-state index contributed by atoms with van der Waals surface area (Å²) in [5.74, 6) is 1.92. The first-order valence-corrected chi connectivity index (χ1v) is 16.4. The molecule has 0 saturated carbocycles. The fourth-order valence-corrected chi connectivity index (χ4v) is 7.13. The summed E-state index contributed by atoms with van der Waals surface area (Å²) >= 11 is 0. The zero-order valence-electron chi connectivity index (χ0n) is 26.3. The summed E-state index contributed by atoms with van der Waals surface area (Å²) in [6, 6.07) is 56.9. The van der Waals surface area contributed by atoms with Gasteiger partial charge in [-0.1, -0.05) is 140 Å². The second-order valence-corrected chi connectivity index (χ2v) is 12.4. The van der Waals surface area contributed by atoms with Crippen LogP contribution in [-0.2, 0) is 0 Å². The van der Waals surface area contributed by atoms with Gasteiger partial charge in [-0.15, -0.1) is 0 Å². The molecule has 2 aromatic heterocycles. The van der Waals surface area contributed by atoms with Gasteiger partial charge >= 0.3 is 0 Å². The van der Waals surface area contributed by atoms with Crippen molar-refractivity contribution in [2.75, 3.05) is 0 Å². The van der Waals surface area contributed by atoms with Gasteiger partial charge in [-0.3, -0.25) is 0 Å². The normalized spacial score (nSPS) is 11.7. The highest BCUT2D eigenvalue weighted by Crippen LogP contribution is 2.39. The summed E-state index contributed by atoms with van der Waals surface area (Å²) in [5.41, 5.74) is 6.85. The van der Waals surface area contributed by atoms with Gasteiger partial charge in [-0.25, -0.2) is 15.0 Å². The quantitative estimate of drug-likeness (QED) is 0.183. The van der Waals surface area contributed by atoms with Crippen LogP contribution in [0, 0.1) is 0 Å². The van der Waals surface area contributed by atoms with Crippen LogP contribution in [0.1, 0.15) is 0 Å². The highest BCUT2D eigenvalue weighted by molar-refractivity contribution is 6.16. The Labute approximate surface area is 282 Å². The lowest BCUT2D eigenvalue weighted by Gasteiger charge is -2.12. The molecule has 4 nitrogen and oxygen atoms in total. The smallest absolute Gasteiger partial charge is 0.164 e. The Bertz CT molecular complexity index is 2870. The molecule has 0 atom stereocenters. The van der Waals surface area contributed by atoms with E-state index < -0.39 is 0 Å². The molecule has 4 heteroatoms. The summed E-state index contributed by atoms with van der Waals surface area (Å²) in [6.07, 6.45) is 0. The lowest BCUT2D eigenvalue weighted by atomic mass is 9.96. The van der Waals surface area contributed by atoms with E-state index in [1.165, 1.54) is 21.5 Å². The molecule has 0 amide bonds. The van der Waals surface area contributed by atoms with Crippen molar-refractivity contribution in [3.05, 3.63) is 164 Å². The number of rotatable bonds is 4. The fourth-order valence-electron chi connectivity index (χ4n) is 7.13. The van der Waals surface area contributed by atoms with Crippen LogP contribution in [0.5, 0.6) is 0 Å². The number of aromatic nitrogens is 3. The van der Waals surface area contributed by atoms with Crippen molar-refractivity contribution in [2.45, 2.75) is 0 Å². The van der Waals surface area contributed by atoms with Crippen LogP contribution in [0.25, 0.3) is 99.5 Å². The molecule has 0 radical (unpaired) electrons. The lowest BCUT2D eigenvalue weighted by molar-refractivity contribution is 0.669. The minimum atomic E-state index is 0.631. The molecule has 0 aliphatic rings. The van der Waals surface area contributed by atoms with Gasteiger partial charge in [-0.2, -0.15) is 0 Å². The first-order chi connectivity index (χ1) is 24.3. The van der Waals surface area contributed by atoms with Crippen LogP contribution >= 0.6 is 0 Å². The number of fused-ring (bicyclic) bond motifs is 7. The summed E-state index contributed by atoms with van der Waals surface area (Å²) < 4.78 is 6.36. The van der Waals surface area contributed by atoms with E-state index in [0.29, 0.717) is 17.5 Å². The van der Waals surface area contributed by atoms with Gasteiger partial charge in [0.1, 0.15) is 11.2 Å². The Kier molecular flexibility index (Phi) is 6.15. The Hall–Kier alpha value is -6.65. The molecule has 0 N–H and O–H groups in total. The van der Waals surface area contributed by atoms with Crippen LogP contribution in [0.15, 0.2) is 168 Å². The SMILES string of the molecule is c1ccc(-c2nc(-c3ccc(-c4cccc5oc6cc7ccccc7cc6c45)cc3)nc(-c3cc4ccccc4c4ccccc34)n2)cc1. The first kappa shape index (κ1) is 27.5. The second-order valence-electron chi connectivity index (χ2n) is 12.4. The summed E-state index contributed by atoms with van der Waals surface area (Å²) in [6.45, 7) is 0. The van der Waals surface area contributed by atoms with Crippen LogP contribution < -0.4 is 0 Å². The number of benzene rings is 8. The van der Waals surface area contributed by atoms with Crippen LogP contribution in [0.3, 0.4) is 0 Å². The Morgan fingerprint density at radius 3 is 1.69 bits per heavy atom. The monoisotopic (exact) mass is 625 g/mol. The molecule has 0 fully saturated rings. The van der Waals surface area contributed by atoms with Crippen molar-refractivity contribution in [2.24, 2.45) is 0 Å². The lowest BCUT2D eigenvalue weighted by Crippen LogP contribution is -2.00. The van der Waals surface area contributed by atoms with E-state index in [0.717, 1.165) is 60.5 Å². The maximum Gasteiger partial charge on any atom is 0.164 e. The molecule has 10 rings (SSSR count). The van der Waals surface area contributed by atoms with E-state index in [1.54, 1.807) is 0 Å². The van der Waals surface area contributed by atoms with Crippen LogP contribution in [0.4, 0.5) is 0 Å². The van der Waals surface area contributed by atoms with E-state index in [1.807, 2.05) is 36.4 Å². The van der Waals surface area contributed by atoms with E-state index >= 15 is 0 Å². The van der Waals surface area contributed by atoms with E-state index in [4.69, 9.17) is 19.4 Å². The predicted molar refractivity (Wildman–Crippen MR) is 201 cm³/mol. The average Bonchev–Trinajstić information content (AvgIpc) is 3.54. The third-order valence-corrected chi connectivity index (χ3v) is 9.49. The minimum absolute atomic E-state index is 0.631. The molecule has 0 aliphatic heterocycles. The highest BCUT2D eigenvalue weighted by atomic mass is 16.3. The minimum Gasteiger partial charge on any atom is -0.456 e. The van der Waals surface area contributed by atoms with Crippen molar-refractivity contribution in [1.82, 2.24) is 15.0 Å². The van der Waals surface area contributed by atoms with Gasteiger partial charge in [0.05, 0.1) is 0 Å². The third-order valence-electron chi connectivity index (χ3n) is 9.49. The van der Waals surface area contributed by atoms with Gasteiger partial charge in [0.2, 0.25) is 0 Å². The molecule has 10 aromatic rings. The summed E-state index contributed by atoms with van der Waals surface area (Å²) in [5, 5.41) is 9.25. The average molecular weight is 626 g/mol. The largest absolute Gasteiger partial charge is 0.456 e. The number of hydrogen-bond acceptors (Lipinski definition) is 4. The van der Waals surface area contributed by atoms with E-state index in [2.05, 4.69) is 127 Å². The third kappa shape index (κ3) is 4.57. The molecule has 0 saturated heterocycles. The van der Waals surface area contributed by atoms with Gasteiger partial charge in [0.25, 0.3) is 0 Å². The fraction of sp³-hybridized carbons (Fsp3) is 0. The predicted octanol–water partition coefficient (Wildman–Crippen LogP) is 11.9. The Balaban J connectivity index is 1.13. The van der Waals surface area contributed by atoms with Crippen molar-refractivity contribution in [3.8, 4) is 45.3 Å². The van der Waals surface area contributed by atoms with E-state index in [9.17, 15) is 0 Å². The molecule has 0 unspecified atom stereocenters. The first-order valence-electron chi connectivity index (χ1n) is 16.4. The number of nitrogens with zero attached hydrogens (tertiary/aromatic N) is 3. The Morgan fingerprint density at radius 1 is 0.327 bits per heavy atom. The highest BCUT2D eigenvalue weighted by Gasteiger charge is 2.17. The van der Waals surface area contributed by atoms with Crippen molar-refractivity contribution < 1.29 is 4.42 Å². The zero-order valence-corrected chi connectivity index (χ0v) is 26.3. The van der Waals surface area contributed by atoms with Crippen molar-refractivity contribution in [1.29, 1.82) is 0 Å². The van der Waals surface area contributed by atoms with Gasteiger partial charge < -0.3 is 4.42 Å². The second kappa shape index (κ2) is 11.0. The molecule has 0 bridgehead atoms.